The van der Waals surface area contributed by atoms with Crippen molar-refractivity contribution in [3.63, 3.8) is 0 Å². The molecule has 0 bridgehead atoms. The summed E-state index contributed by atoms with van der Waals surface area (Å²) in [6.07, 6.45) is 3.72. The van der Waals surface area contributed by atoms with Crippen LogP contribution in [0.2, 0.25) is 0 Å². The number of aliphatic hydroxyl groups excluding tert-OH is 1. The van der Waals surface area contributed by atoms with Crippen molar-refractivity contribution in [2.75, 3.05) is 13.7 Å². The normalized spacial score (nSPS) is 21.5. The molecule has 1 saturated heterocycles. The van der Waals surface area contributed by atoms with Crippen LogP contribution in [0.15, 0.2) is 42.7 Å². The summed E-state index contributed by atoms with van der Waals surface area (Å²) in [5, 5.41) is 14.2. The summed E-state index contributed by atoms with van der Waals surface area (Å²) in [5.41, 5.74) is 2.20. The molecule has 0 aliphatic carbocycles. The molecular formula is C17H21N3O3. The van der Waals surface area contributed by atoms with Gasteiger partial charge in [0, 0.05) is 31.3 Å². The van der Waals surface area contributed by atoms with Crippen LogP contribution in [0, 0.1) is 0 Å². The summed E-state index contributed by atoms with van der Waals surface area (Å²) in [7, 11) is 1.38. The number of esters is 1. The van der Waals surface area contributed by atoms with Crippen molar-refractivity contribution in [3.8, 4) is 0 Å². The SMILES string of the molecule is COC(=O)[C@H]1C[C@@H](O)CN1Cc1cnn(Cc2ccccc2)c1. The minimum Gasteiger partial charge on any atom is -0.468 e. The summed E-state index contributed by atoms with van der Waals surface area (Å²) in [6.45, 7) is 1.76. The molecule has 23 heavy (non-hydrogen) atoms. The fourth-order valence-electron chi connectivity index (χ4n) is 3.01. The summed E-state index contributed by atoms with van der Waals surface area (Å²) < 4.78 is 6.70. The van der Waals surface area contributed by atoms with E-state index in [9.17, 15) is 9.90 Å². The Balaban J connectivity index is 1.65. The third kappa shape index (κ3) is 3.78. The predicted octanol–water partition coefficient (Wildman–Crippen LogP) is 1.04. The van der Waals surface area contributed by atoms with E-state index in [2.05, 4.69) is 17.2 Å². The van der Waals surface area contributed by atoms with Crippen LogP contribution in [0.5, 0.6) is 0 Å². The molecule has 6 nitrogen and oxygen atoms in total. The standard InChI is InChI=1S/C17H21N3O3/c1-23-17(22)16-7-15(21)12-19(16)9-14-8-18-20(11-14)10-13-5-3-2-4-6-13/h2-6,8,11,15-16,21H,7,9-10,12H2,1H3/t15-,16-/m1/s1. The summed E-state index contributed by atoms with van der Waals surface area (Å²) in [4.78, 5) is 13.8. The predicted molar refractivity (Wildman–Crippen MR) is 84.6 cm³/mol. The van der Waals surface area contributed by atoms with E-state index >= 15 is 0 Å². The highest BCUT2D eigenvalue weighted by Gasteiger charge is 2.36. The molecule has 0 radical (unpaired) electrons. The molecule has 1 aromatic carbocycles. The molecule has 2 aromatic rings. The molecule has 1 aliphatic heterocycles. The fourth-order valence-corrected chi connectivity index (χ4v) is 3.01. The molecule has 1 N–H and O–H groups in total. The average Bonchev–Trinajstić information content (AvgIpc) is 3.14. The Kier molecular flexibility index (Phi) is 4.73. The van der Waals surface area contributed by atoms with Gasteiger partial charge in [-0.05, 0) is 5.56 Å². The lowest BCUT2D eigenvalue weighted by Crippen LogP contribution is -2.36. The Morgan fingerprint density at radius 2 is 2.09 bits per heavy atom. The third-order valence-electron chi connectivity index (χ3n) is 4.11. The Morgan fingerprint density at radius 1 is 1.30 bits per heavy atom. The number of benzene rings is 1. The maximum atomic E-state index is 11.8. The monoisotopic (exact) mass is 315 g/mol. The van der Waals surface area contributed by atoms with Gasteiger partial charge in [-0.15, -0.1) is 0 Å². The van der Waals surface area contributed by atoms with Crippen molar-refractivity contribution in [2.24, 2.45) is 0 Å². The second kappa shape index (κ2) is 6.93. The second-order valence-corrected chi connectivity index (χ2v) is 5.89. The number of rotatable bonds is 5. The zero-order chi connectivity index (χ0) is 16.2. The van der Waals surface area contributed by atoms with E-state index in [0.29, 0.717) is 26.1 Å². The average molecular weight is 315 g/mol. The zero-order valence-corrected chi connectivity index (χ0v) is 13.1. The molecular weight excluding hydrogens is 294 g/mol. The molecule has 0 saturated carbocycles. The molecule has 0 amide bonds. The van der Waals surface area contributed by atoms with Gasteiger partial charge in [-0.3, -0.25) is 14.4 Å². The lowest BCUT2D eigenvalue weighted by atomic mass is 10.2. The van der Waals surface area contributed by atoms with Gasteiger partial charge in [-0.1, -0.05) is 30.3 Å². The van der Waals surface area contributed by atoms with E-state index in [1.807, 2.05) is 40.2 Å². The van der Waals surface area contributed by atoms with Crippen LogP contribution in [0.4, 0.5) is 0 Å². The maximum absolute atomic E-state index is 11.8. The minimum atomic E-state index is -0.488. The van der Waals surface area contributed by atoms with E-state index < -0.39 is 6.10 Å². The van der Waals surface area contributed by atoms with Crippen LogP contribution in [0.1, 0.15) is 17.5 Å². The van der Waals surface area contributed by atoms with Gasteiger partial charge in [-0.2, -0.15) is 5.10 Å². The van der Waals surface area contributed by atoms with Gasteiger partial charge < -0.3 is 9.84 Å². The number of aromatic nitrogens is 2. The number of methoxy groups -OCH3 is 1. The molecule has 1 aromatic heterocycles. The second-order valence-electron chi connectivity index (χ2n) is 5.89. The number of likely N-dealkylation sites (tertiary alicyclic amines) is 1. The highest BCUT2D eigenvalue weighted by molar-refractivity contribution is 5.76. The first-order valence-corrected chi connectivity index (χ1v) is 7.71. The molecule has 0 spiro atoms. The Bertz CT molecular complexity index is 656. The number of carbonyl (C=O) groups is 1. The quantitative estimate of drug-likeness (QED) is 0.835. The number of ether oxygens (including phenoxy) is 1. The molecule has 6 heteroatoms. The van der Waals surface area contributed by atoms with Gasteiger partial charge >= 0.3 is 5.97 Å². The van der Waals surface area contributed by atoms with Crippen LogP contribution >= 0.6 is 0 Å². The number of nitrogens with zero attached hydrogens (tertiary/aromatic N) is 3. The van der Waals surface area contributed by atoms with Crippen LogP contribution in [-0.4, -0.2) is 51.6 Å². The van der Waals surface area contributed by atoms with Crippen LogP contribution < -0.4 is 0 Å². The smallest absolute Gasteiger partial charge is 0.323 e. The first kappa shape index (κ1) is 15.7. The molecule has 2 atom stereocenters. The number of aliphatic hydroxyl groups is 1. The van der Waals surface area contributed by atoms with E-state index in [0.717, 1.165) is 5.56 Å². The Morgan fingerprint density at radius 3 is 2.83 bits per heavy atom. The summed E-state index contributed by atoms with van der Waals surface area (Å²) in [5.74, 6) is -0.293. The summed E-state index contributed by atoms with van der Waals surface area (Å²) in [6, 6.07) is 9.74. The minimum absolute atomic E-state index is 0.293. The highest BCUT2D eigenvalue weighted by Crippen LogP contribution is 2.21. The van der Waals surface area contributed by atoms with Crippen molar-refractivity contribution in [2.45, 2.75) is 31.7 Å². The molecule has 1 fully saturated rings. The van der Waals surface area contributed by atoms with E-state index in [-0.39, 0.29) is 12.0 Å². The molecule has 1 aliphatic rings. The summed E-state index contributed by atoms with van der Waals surface area (Å²) >= 11 is 0. The van der Waals surface area contributed by atoms with Crippen molar-refractivity contribution in [1.29, 1.82) is 0 Å². The zero-order valence-electron chi connectivity index (χ0n) is 13.1. The van der Waals surface area contributed by atoms with Gasteiger partial charge in [0.25, 0.3) is 0 Å². The van der Waals surface area contributed by atoms with Gasteiger partial charge in [-0.25, -0.2) is 0 Å². The van der Waals surface area contributed by atoms with Gasteiger partial charge in [0.1, 0.15) is 6.04 Å². The van der Waals surface area contributed by atoms with Crippen molar-refractivity contribution in [1.82, 2.24) is 14.7 Å². The maximum Gasteiger partial charge on any atom is 0.323 e. The number of hydrogen-bond acceptors (Lipinski definition) is 5. The third-order valence-corrected chi connectivity index (χ3v) is 4.11. The van der Waals surface area contributed by atoms with Crippen LogP contribution in [-0.2, 0) is 22.6 Å². The Hall–Kier alpha value is -2.18. The topological polar surface area (TPSA) is 67.6 Å². The number of hydrogen-bond donors (Lipinski definition) is 1. The van der Waals surface area contributed by atoms with E-state index in [1.54, 1.807) is 0 Å². The first-order valence-electron chi connectivity index (χ1n) is 7.71. The van der Waals surface area contributed by atoms with Crippen LogP contribution in [0.3, 0.4) is 0 Å². The van der Waals surface area contributed by atoms with Crippen molar-refractivity contribution >= 4 is 5.97 Å². The van der Waals surface area contributed by atoms with E-state index in [1.165, 1.54) is 12.7 Å². The van der Waals surface area contributed by atoms with E-state index in [4.69, 9.17) is 4.74 Å². The van der Waals surface area contributed by atoms with Crippen LogP contribution in [0.25, 0.3) is 0 Å². The Labute approximate surface area is 135 Å². The largest absolute Gasteiger partial charge is 0.468 e. The fraction of sp³-hybridized carbons (Fsp3) is 0.412. The van der Waals surface area contributed by atoms with Gasteiger partial charge in [0.15, 0.2) is 0 Å². The van der Waals surface area contributed by atoms with Crippen molar-refractivity contribution in [3.05, 3.63) is 53.9 Å². The number of β-amino-alcohol motifs (C(OH)–C–C–N with tert-alkyl or cyclic N) is 1. The molecule has 3 rings (SSSR count). The molecule has 122 valence electrons. The van der Waals surface area contributed by atoms with Crippen molar-refractivity contribution < 1.29 is 14.6 Å². The van der Waals surface area contributed by atoms with Gasteiger partial charge in [0.2, 0.25) is 0 Å². The first-order chi connectivity index (χ1) is 11.2. The lowest BCUT2D eigenvalue weighted by molar-refractivity contribution is -0.146. The lowest BCUT2D eigenvalue weighted by Gasteiger charge is -2.21. The van der Waals surface area contributed by atoms with Gasteiger partial charge in [0.05, 0.1) is 26.0 Å². The molecule has 0 unspecified atom stereocenters. The highest BCUT2D eigenvalue weighted by atomic mass is 16.5. The molecule has 2 heterocycles. The number of carbonyl (C=O) groups excluding carboxylic acids is 1.